The lowest BCUT2D eigenvalue weighted by Gasteiger charge is -2.07. The normalized spacial score (nSPS) is 9.58. The number of ether oxygens (including phenoxy) is 1. The molecule has 0 saturated heterocycles. The monoisotopic (exact) mass is 357 g/mol. The lowest BCUT2D eigenvalue weighted by Crippen LogP contribution is -2.26. The van der Waals surface area contributed by atoms with Crippen molar-refractivity contribution < 1.29 is 19.1 Å². The van der Waals surface area contributed by atoms with Gasteiger partial charge in [0.05, 0.1) is 13.5 Å². The van der Waals surface area contributed by atoms with E-state index >= 15 is 0 Å². The molecular formula is C16H24ClN3O4. The molecule has 0 bridgehead atoms. The molecule has 24 heavy (non-hydrogen) atoms. The van der Waals surface area contributed by atoms with Crippen molar-refractivity contribution in [1.82, 2.24) is 10.6 Å². The summed E-state index contributed by atoms with van der Waals surface area (Å²) in [5, 5.41) is 8.38. The van der Waals surface area contributed by atoms with Gasteiger partial charge < -0.3 is 20.7 Å². The van der Waals surface area contributed by atoms with Crippen LogP contribution in [0.3, 0.4) is 0 Å². The third-order valence-electron chi connectivity index (χ3n) is 3.10. The largest absolute Gasteiger partial charge is 0.469 e. The molecule has 8 heteroatoms. The molecule has 0 saturated carbocycles. The Morgan fingerprint density at radius 1 is 1.04 bits per heavy atom. The third-order valence-corrected chi connectivity index (χ3v) is 3.10. The van der Waals surface area contributed by atoms with E-state index < -0.39 is 0 Å². The maximum Gasteiger partial charge on any atom is 0.307 e. The summed E-state index contributed by atoms with van der Waals surface area (Å²) in [6, 6.07) is 6.59. The molecule has 1 aromatic rings. The predicted octanol–water partition coefficient (Wildman–Crippen LogP) is 1.34. The summed E-state index contributed by atoms with van der Waals surface area (Å²) in [5.41, 5.74) is 1.11. The molecule has 3 N–H and O–H groups in total. The van der Waals surface area contributed by atoms with E-state index in [4.69, 9.17) is 0 Å². The van der Waals surface area contributed by atoms with Crippen molar-refractivity contribution in [3.8, 4) is 0 Å². The molecule has 2 amide bonds. The highest BCUT2D eigenvalue weighted by Crippen LogP contribution is 2.10. The lowest BCUT2D eigenvalue weighted by molar-refractivity contribution is -0.140. The number of hydrogen-bond donors (Lipinski definition) is 3. The van der Waals surface area contributed by atoms with Gasteiger partial charge in [-0.05, 0) is 44.3 Å². The van der Waals surface area contributed by atoms with Gasteiger partial charge in [-0.25, -0.2) is 0 Å². The van der Waals surface area contributed by atoms with Crippen LogP contribution in [0.4, 0.5) is 5.69 Å². The highest BCUT2D eigenvalue weighted by Gasteiger charge is 2.07. The van der Waals surface area contributed by atoms with Gasteiger partial charge in [-0.1, -0.05) is 0 Å². The van der Waals surface area contributed by atoms with Crippen molar-refractivity contribution in [1.29, 1.82) is 0 Å². The van der Waals surface area contributed by atoms with E-state index in [2.05, 4.69) is 20.7 Å². The molecule has 0 aliphatic carbocycles. The fraction of sp³-hybridized carbons (Fsp3) is 0.438. The van der Waals surface area contributed by atoms with Gasteiger partial charge in [0.2, 0.25) is 5.91 Å². The molecular weight excluding hydrogens is 334 g/mol. The lowest BCUT2D eigenvalue weighted by atomic mass is 10.2. The maximum atomic E-state index is 11.9. The van der Waals surface area contributed by atoms with Gasteiger partial charge >= 0.3 is 5.97 Å². The van der Waals surface area contributed by atoms with Crippen LogP contribution in [0, 0.1) is 0 Å². The van der Waals surface area contributed by atoms with Crippen LogP contribution in [0.1, 0.15) is 29.6 Å². The minimum Gasteiger partial charge on any atom is -0.469 e. The Kier molecular flexibility index (Phi) is 11.2. The number of carbonyl (C=O) groups excluding carboxylic acids is 3. The van der Waals surface area contributed by atoms with Crippen LogP contribution in [0.2, 0.25) is 0 Å². The number of methoxy groups -OCH3 is 1. The summed E-state index contributed by atoms with van der Waals surface area (Å²) in [6.07, 6.45) is 1.34. The van der Waals surface area contributed by atoms with Crippen molar-refractivity contribution in [2.45, 2.75) is 19.3 Å². The van der Waals surface area contributed by atoms with Crippen molar-refractivity contribution in [2.75, 3.05) is 32.6 Å². The smallest absolute Gasteiger partial charge is 0.307 e. The van der Waals surface area contributed by atoms with E-state index in [0.29, 0.717) is 17.7 Å². The molecule has 0 unspecified atom stereocenters. The van der Waals surface area contributed by atoms with Crippen LogP contribution in [-0.2, 0) is 14.3 Å². The summed E-state index contributed by atoms with van der Waals surface area (Å²) in [5.74, 6) is -0.710. The summed E-state index contributed by atoms with van der Waals surface area (Å²) < 4.78 is 4.49. The van der Waals surface area contributed by atoms with E-state index in [-0.39, 0.29) is 43.2 Å². The first kappa shape index (κ1) is 21.9. The Hall–Kier alpha value is -2.12. The Bertz CT molecular complexity index is 535. The average Bonchev–Trinajstić information content (AvgIpc) is 2.55. The maximum absolute atomic E-state index is 11.9. The van der Waals surface area contributed by atoms with Gasteiger partial charge in [0, 0.05) is 24.2 Å². The molecule has 0 aromatic heterocycles. The van der Waals surface area contributed by atoms with Crippen molar-refractivity contribution in [3.63, 3.8) is 0 Å². The molecule has 0 spiro atoms. The second-order valence-electron chi connectivity index (χ2n) is 4.91. The van der Waals surface area contributed by atoms with Gasteiger partial charge in [0.25, 0.3) is 5.91 Å². The molecule has 0 aliphatic heterocycles. The van der Waals surface area contributed by atoms with Crippen molar-refractivity contribution in [3.05, 3.63) is 29.8 Å². The fourth-order valence-corrected chi connectivity index (χ4v) is 1.84. The first-order chi connectivity index (χ1) is 11.1. The number of anilines is 1. The van der Waals surface area contributed by atoms with Gasteiger partial charge in [0.15, 0.2) is 0 Å². The molecule has 0 atom stereocenters. The first-order valence-electron chi connectivity index (χ1n) is 7.46. The van der Waals surface area contributed by atoms with E-state index in [0.717, 1.165) is 13.0 Å². The average molecular weight is 358 g/mol. The minimum atomic E-state index is -0.373. The molecule has 1 aromatic carbocycles. The molecule has 134 valence electrons. The van der Waals surface area contributed by atoms with Gasteiger partial charge in [0.1, 0.15) is 0 Å². The van der Waals surface area contributed by atoms with Crippen LogP contribution < -0.4 is 16.0 Å². The predicted molar refractivity (Wildman–Crippen MR) is 94.4 cm³/mol. The standard InChI is InChI=1S/C16H23N3O4.ClH/c1-17-10-3-4-14(20)19-13-7-5-12(6-8-13)16(22)18-11-9-15(21)23-2;/h5-8,17H,3-4,9-11H2,1-2H3,(H,18,22)(H,19,20);1H. The number of hydrogen-bond acceptors (Lipinski definition) is 5. The zero-order valence-corrected chi connectivity index (χ0v) is 14.7. The third kappa shape index (κ3) is 8.50. The summed E-state index contributed by atoms with van der Waals surface area (Å²) in [6.45, 7) is 1.01. The zero-order valence-electron chi connectivity index (χ0n) is 13.9. The Morgan fingerprint density at radius 3 is 2.29 bits per heavy atom. The number of rotatable bonds is 9. The number of carbonyl (C=O) groups is 3. The van der Waals surface area contributed by atoms with Gasteiger partial charge in [-0.3, -0.25) is 14.4 Å². The van der Waals surface area contributed by atoms with Gasteiger partial charge in [-0.15, -0.1) is 12.4 Å². The van der Waals surface area contributed by atoms with Crippen LogP contribution in [-0.4, -0.2) is 45.0 Å². The number of benzene rings is 1. The SMILES string of the molecule is CNCCCC(=O)Nc1ccc(C(=O)NCCC(=O)OC)cc1.Cl. The number of amides is 2. The highest BCUT2D eigenvalue weighted by molar-refractivity contribution is 5.95. The number of nitrogens with one attached hydrogen (secondary N) is 3. The number of esters is 1. The van der Waals surface area contributed by atoms with Crippen molar-refractivity contribution >= 4 is 35.9 Å². The summed E-state index contributed by atoms with van der Waals surface area (Å²) in [7, 11) is 3.14. The summed E-state index contributed by atoms with van der Waals surface area (Å²) >= 11 is 0. The van der Waals surface area contributed by atoms with Crippen LogP contribution in [0.25, 0.3) is 0 Å². The number of halogens is 1. The highest BCUT2D eigenvalue weighted by atomic mass is 35.5. The minimum absolute atomic E-state index is 0. The molecule has 0 aliphatic rings. The van der Waals surface area contributed by atoms with E-state index in [9.17, 15) is 14.4 Å². The molecule has 7 nitrogen and oxygen atoms in total. The Labute approximate surface area is 147 Å². The quantitative estimate of drug-likeness (QED) is 0.458. The summed E-state index contributed by atoms with van der Waals surface area (Å²) in [4.78, 5) is 34.5. The molecule has 0 radical (unpaired) electrons. The second-order valence-corrected chi connectivity index (χ2v) is 4.91. The molecule has 1 rings (SSSR count). The molecule has 0 fully saturated rings. The van der Waals surface area contributed by atoms with Crippen LogP contribution in [0.15, 0.2) is 24.3 Å². The topological polar surface area (TPSA) is 96.5 Å². The Morgan fingerprint density at radius 2 is 1.71 bits per heavy atom. The second kappa shape index (κ2) is 12.3. The zero-order chi connectivity index (χ0) is 17.1. The molecule has 0 heterocycles. The van der Waals surface area contributed by atoms with E-state index in [1.165, 1.54) is 7.11 Å². The van der Waals surface area contributed by atoms with Crippen molar-refractivity contribution in [2.24, 2.45) is 0 Å². The fourth-order valence-electron chi connectivity index (χ4n) is 1.84. The van der Waals surface area contributed by atoms with Crippen LogP contribution in [0.5, 0.6) is 0 Å². The van der Waals surface area contributed by atoms with Gasteiger partial charge in [-0.2, -0.15) is 0 Å². The first-order valence-corrected chi connectivity index (χ1v) is 7.46. The van der Waals surface area contributed by atoms with E-state index in [1.54, 1.807) is 24.3 Å². The van der Waals surface area contributed by atoms with Crippen LogP contribution >= 0.6 is 12.4 Å². The Balaban J connectivity index is 0.00000529. The van der Waals surface area contributed by atoms with E-state index in [1.807, 2.05) is 7.05 Å².